The van der Waals surface area contributed by atoms with E-state index >= 15 is 0 Å². The van der Waals surface area contributed by atoms with E-state index in [2.05, 4.69) is 5.92 Å². The molecule has 0 atom stereocenters. The SMILES string of the molecule is C#CCCC/C=C/P(=O)(OCC)OCC. The van der Waals surface area contributed by atoms with Crippen molar-refractivity contribution in [3.63, 3.8) is 0 Å². The average molecular weight is 230 g/mol. The molecule has 0 aliphatic heterocycles. The standard InChI is InChI=1S/C11H19O3P/c1-4-7-8-9-10-11-15(12,13-5-2)14-6-3/h1,10-11H,5-9H2,2-3H3/b11-10+. The molecule has 0 rings (SSSR count). The minimum atomic E-state index is -3.00. The van der Waals surface area contributed by atoms with Crippen molar-refractivity contribution in [2.45, 2.75) is 33.1 Å². The second-order valence-corrected chi connectivity index (χ2v) is 4.75. The van der Waals surface area contributed by atoms with Gasteiger partial charge in [-0.3, -0.25) is 4.57 Å². The lowest BCUT2D eigenvalue weighted by molar-refractivity contribution is 0.229. The summed E-state index contributed by atoms with van der Waals surface area (Å²) in [6.45, 7) is 4.34. The lowest BCUT2D eigenvalue weighted by Crippen LogP contribution is -1.92. The Balaban J connectivity index is 4.05. The number of rotatable bonds is 8. The molecular weight excluding hydrogens is 211 g/mol. The normalized spacial score (nSPS) is 11.8. The zero-order valence-electron chi connectivity index (χ0n) is 9.44. The highest BCUT2D eigenvalue weighted by Gasteiger charge is 2.18. The van der Waals surface area contributed by atoms with Crippen LogP contribution in [-0.4, -0.2) is 13.2 Å². The van der Waals surface area contributed by atoms with Gasteiger partial charge >= 0.3 is 7.60 Å². The fourth-order valence-corrected chi connectivity index (χ4v) is 2.38. The summed E-state index contributed by atoms with van der Waals surface area (Å²) in [7, 11) is -3.00. The van der Waals surface area contributed by atoms with E-state index in [9.17, 15) is 4.57 Å². The number of terminal acetylenes is 1. The molecule has 0 aliphatic rings. The first-order valence-electron chi connectivity index (χ1n) is 5.18. The molecule has 3 nitrogen and oxygen atoms in total. The van der Waals surface area contributed by atoms with Crippen LogP contribution in [0.1, 0.15) is 33.1 Å². The van der Waals surface area contributed by atoms with Gasteiger partial charge in [-0.2, -0.15) is 0 Å². The second-order valence-electron chi connectivity index (χ2n) is 2.86. The third-order valence-corrected chi connectivity index (χ3v) is 3.41. The molecule has 86 valence electrons. The van der Waals surface area contributed by atoms with E-state index in [1.807, 2.05) is 6.08 Å². The molecule has 0 amide bonds. The molecule has 0 saturated heterocycles. The summed E-state index contributed by atoms with van der Waals surface area (Å²) in [6.07, 6.45) is 9.35. The zero-order chi connectivity index (χ0) is 11.6. The van der Waals surface area contributed by atoms with Crippen molar-refractivity contribution in [3.8, 4) is 12.3 Å². The minimum Gasteiger partial charge on any atom is -0.306 e. The van der Waals surface area contributed by atoms with Crippen LogP contribution in [0.25, 0.3) is 0 Å². The molecule has 0 unspecified atom stereocenters. The van der Waals surface area contributed by atoms with Gasteiger partial charge in [-0.25, -0.2) is 0 Å². The van der Waals surface area contributed by atoms with Crippen molar-refractivity contribution < 1.29 is 13.6 Å². The molecule has 0 aromatic carbocycles. The molecule has 0 N–H and O–H groups in total. The fourth-order valence-electron chi connectivity index (χ4n) is 1.01. The van der Waals surface area contributed by atoms with E-state index in [1.165, 1.54) is 5.82 Å². The topological polar surface area (TPSA) is 35.5 Å². The van der Waals surface area contributed by atoms with Gasteiger partial charge in [-0.05, 0) is 26.7 Å². The van der Waals surface area contributed by atoms with E-state index in [0.717, 1.165) is 19.3 Å². The second kappa shape index (κ2) is 8.73. The Kier molecular flexibility index (Phi) is 8.41. The first kappa shape index (κ1) is 14.5. The summed E-state index contributed by atoms with van der Waals surface area (Å²) in [5, 5.41) is 0. The summed E-state index contributed by atoms with van der Waals surface area (Å²) in [5.41, 5.74) is 0. The Morgan fingerprint density at radius 2 is 1.93 bits per heavy atom. The van der Waals surface area contributed by atoms with E-state index in [-0.39, 0.29) is 0 Å². The third kappa shape index (κ3) is 7.39. The highest BCUT2D eigenvalue weighted by Crippen LogP contribution is 2.49. The van der Waals surface area contributed by atoms with Gasteiger partial charge in [0.1, 0.15) is 0 Å². The molecule has 0 radical (unpaired) electrons. The molecule has 0 aromatic rings. The van der Waals surface area contributed by atoms with Crippen molar-refractivity contribution in [2.24, 2.45) is 0 Å². The van der Waals surface area contributed by atoms with Crippen LogP contribution in [0, 0.1) is 12.3 Å². The van der Waals surface area contributed by atoms with Crippen molar-refractivity contribution in [1.29, 1.82) is 0 Å². The number of hydrogen-bond donors (Lipinski definition) is 0. The van der Waals surface area contributed by atoms with Crippen LogP contribution in [0.3, 0.4) is 0 Å². The summed E-state index contributed by atoms with van der Waals surface area (Å²) >= 11 is 0. The fraction of sp³-hybridized carbons (Fsp3) is 0.636. The maximum atomic E-state index is 11.9. The maximum Gasteiger partial charge on any atom is 0.353 e. The van der Waals surface area contributed by atoms with Crippen molar-refractivity contribution in [2.75, 3.05) is 13.2 Å². The summed E-state index contributed by atoms with van der Waals surface area (Å²) in [6, 6.07) is 0. The smallest absolute Gasteiger partial charge is 0.306 e. The van der Waals surface area contributed by atoms with Crippen LogP contribution >= 0.6 is 7.60 Å². The van der Waals surface area contributed by atoms with Gasteiger partial charge in [0.2, 0.25) is 0 Å². The first-order chi connectivity index (χ1) is 7.18. The van der Waals surface area contributed by atoms with Crippen LogP contribution in [-0.2, 0) is 13.6 Å². The van der Waals surface area contributed by atoms with Crippen LogP contribution in [0.15, 0.2) is 11.9 Å². The van der Waals surface area contributed by atoms with E-state index < -0.39 is 7.60 Å². The van der Waals surface area contributed by atoms with E-state index in [4.69, 9.17) is 15.5 Å². The van der Waals surface area contributed by atoms with Crippen LogP contribution in [0.2, 0.25) is 0 Å². The summed E-state index contributed by atoms with van der Waals surface area (Å²) < 4.78 is 22.0. The average Bonchev–Trinajstić information content (AvgIpc) is 2.18. The van der Waals surface area contributed by atoms with Gasteiger partial charge in [-0.1, -0.05) is 6.08 Å². The monoisotopic (exact) mass is 230 g/mol. The van der Waals surface area contributed by atoms with E-state index in [1.54, 1.807) is 13.8 Å². The number of hydrogen-bond acceptors (Lipinski definition) is 3. The molecule has 0 aliphatic carbocycles. The Bertz CT molecular complexity index is 255. The Labute approximate surface area is 92.4 Å². The molecular formula is C11H19O3P. The molecule has 15 heavy (non-hydrogen) atoms. The third-order valence-electron chi connectivity index (χ3n) is 1.60. The Morgan fingerprint density at radius 3 is 2.40 bits per heavy atom. The molecule has 0 saturated carbocycles. The lowest BCUT2D eigenvalue weighted by Gasteiger charge is -2.12. The van der Waals surface area contributed by atoms with Crippen LogP contribution in [0.4, 0.5) is 0 Å². The highest BCUT2D eigenvalue weighted by molar-refractivity contribution is 7.57. The van der Waals surface area contributed by atoms with Crippen molar-refractivity contribution in [3.05, 3.63) is 11.9 Å². The van der Waals surface area contributed by atoms with Gasteiger partial charge < -0.3 is 9.05 Å². The molecule has 0 spiro atoms. The first-order valence-corrected chi connectivity index (χ1v) is 6.79. The van der Waals surface area contributed by atoms with Crippen LogP contribution < -0.4 is 0 Å². The summed E-state index contributed by atoms with van der Waals surface area (Å²) in [5.74, 6) is 4.07. The predicted octanol–water partition coefficient (Wildman–Crippen LogP) is 3.57. The van der Waals surface area contributed by atoms with Gasteiger partial charge in [0, 0.05) is 12.2 Å². The van der Waals surface area contributed by atoms with Gasteiger partial charge in [0.05, 0.1) is 13.2 Å². The Hall–Kier alpha value is -0.550. The number of unbranched alkanes of at least 4 members (excludes halogenated alkanes) is 2. The summed E-state index contributed by atoms with van der Waals surface area (Å²) in [4.78, 5) is 0. The van der Waals surface area contributed by atoms with Gasteiger partial charge in [-0.15, -0.1) is 12.3 Å². The van der Waals surface area contributed by atoms with Gasteiger partial charge in [0.15, 0.2) is 0 Å². The van der Waals surface area contributed by atoms with Gasteiger partial charge in [0.25, 0.3) is 0 Å². The van der Waals surface area contributed by atoms with Crippen molar-refractivity contribution >= 4 is 7.60 Å². The number of allylic oxidation sites excluding steroid dienone is 1. The lowest BCUT2D eigenvalue weighted by atomic mass is 10.2. The zero-order valence-corrected chi connectivity index (χ0v) is 10.3. The molecule has 0 aromatic heterocycles. The largest absolute Gasteiger partial charge is 0.353 e. The predicted molar refractivity (Wildman–Crippen MR) is 62.7 cm³/mol. The molecule has 0 bridgehead atoms. The minimum absolute atomic E-state index is 0.381. The maximum absolute atomic E-state index is 11.9. The van der Waals surface area contributed by atoms with E-state index in [0.29, 0.717) is 13.2 Å². The quantitative estimate of drug-likeness (QED) is 0.363. The van der Waals surface area contributed by atoms with Crippen molar-refractivity contribution in [1.82, 2.24) is 0 Å². The molecule has 0 fully saturated rings. The molecule has 4 heteroatoms. The Morgan fingerprint density at radius 1 is 1.33 bits per heavy atom. The molecule has 0 heterocycles. The van der Waals surface area contributed by atoms with Crippen LogP contribution in [0.5, 0.6) is 0 Å². The highest BCUT2D eigenvalue weighted by atomic mass is 31.2.